The standard InChI is InChI=1S/C36H27AsO/c38-37(34-25-13-10-22-31(34)28-16-4-1-5-17-28,35-26-14-11-23-32(35)29-18-6-2-7-19-29)36-27-15-12-24-33(36)30-20-8-3-9-21-30/h1-27H. The van der Waals surface area contributed by atoms with Gasteiger partial charge in [-0.15, -0.1) is 0 Å². The molecule has 2 heteroatoms. The molecule has 0 fully saturated rings. The van der Waals surface area contributed by atoms with Crippen molar-refractivity contribution in [3.8, 4) is 33.4 Å². The number of hydrogen-bond acceptors (Lipinski definition) is 1. The molecule has 0 amide bonds. The van der Waals surface area contributed by atoms with E-state index in [9.17, 15) is 0 Å². The topological polar surface area (TPSA) is 17.1 Å². The second kappa shape index (κ2) is 10.6. The summed E-state index contributed by atoms with van der Waals surface area (Å²) >= 11 is -4.31. The second-order valence-electron chi connectivity index (χ2n) is 9.26. The molecule has 0 spiro atoms. The molecule has 6 rings (SSSR count). The molecular weight excluding hydrogens is 523 g/mol. The molecule has 0 atom stereocenters. The predicted molar refractivity (Wildman–Crippen MR) is 161 cm³/mol. The Morgan fingerprint density at radius 1 is 0.289 bits per heavy atom. The van der Waals surface area contributed by atoms with Crippen LogP contribution in [-0.4, -0.2) is 13.5 Å². The van der Waals surface area contributed by atoms with E-state index >= 15 is 3.74 Å². The van der Waals surface area contributed by atoms with Crippen LogP contribution in [0, 0.1) is 0 Å². The van der Waals surface area contributed by atoms with Crippen LogP contribution in [-0.2, 0) is 3.74 Å². The molecule has 0 bridgehead atoms. The first kappa shape index (κ1) is 24.0. The summed E-state index contributed by atoms with van der Waals surface area (Å²) in [5, 5.41) is 0. The third kappa shape index (κ3) is 4.36. The Labute approximate surface area is 226 Å². The van der Waals surface area contributed by atoms with Gasteiger partial charge in [-0.1, -0.05) is 0 Å². The molecule has 6 aromatic rings. The summed E-state index contributed by atoms with van der Waals surface area (Å²) in [5.74, 6) is 0. The van der Waals surface area contributed by atoms with Crippen molar-refractivity contribution in [3.63, 3.8) is 0 Å². The molecule has 0 saturated heterocycles. The van der Waals surface area contributed by atoms with Crippen LogP contribution in [0.5, 0.6) is 0 Å². The fourth-order valence-electron chi connectivity index (χ4n) is 5.22. The summed E-state index contributed by atoms with van der Waals surface area (Å²) < 4.78 is 19.0. The van der Waals surface area contributed by atoms with Crippen molar-refractivity contribution >= 4 is 26.5 Å². The van der Waals surface area contributed by atoms with Gasteiger partial charge >= 0.3 is 227 Å². The minimum atomic E-state index is -4.31. The van der Waals surface area contributed by atoms with Crippen molar-refractivity contribution in [3.05, 3.63) is 164 Å². The van der Waals surface area contributed by atoms with Crippen LogP contribution >= 0.6 is 0 Å². The van der Waals surface area contributed by atoms with Gasteiger partial charge in [-0.25, -0.2) is 0 Å². The molecule has 0 N–H and O–H groups in total. The fraction of sp³-hybridized carbons (Fsp3) is 0. The second-order valence-corrected chi connectivity index (χ2v) is 14.8. The third-order valence-corrected chi connectivity index (χ3v) is 13.7. The van der Waals surface area contributed by atoms with Gasteiger partial charge in [-0.3, -0.25) is 0 Å². The molecule has 1 nitrogen and oxygen atoms in total. The normalized spacial score (nSPS) is 11.3. The van der Waals surface area contributed by atoms with Crippen LogP contribution in [0.2, 0.25) is 0 Å². The fourth-order valence-corrected chi connectivity index (χ4v) is 12.1. The van der Waals surface area contributed by atoms with E-state index in [-0.39, 0.29) is 0 Å². The van der Waals surface area contributed by atoms with Crippen molar-refractivity contribution in [2.75, 3.05) is 0 Å². The third-order valence-electron chi connectivity index (χ3n) is 6.98. The Hall–Kier alpha value is -4.32. The van der Waals surface area contributed by atoms with Crippen LogP contribution in [0.25, 0.3) is 33.4 Å². The van der Waals surface area contributed by atoms with Gasteiger partial charge in [0.2, 0.25) is 0 Å². The van der Waals surface area contributed by atoms with Crippen molar-refractivity contribution < 1.29 is 3.74 Å². The Morgan fingerprint density at radius 3 is 0.816 bits per heavy atom. The zero-order chi connectivity index (χ0) is 25.8. The van der Waals surface area contributed by atoms with Crippen LogP contribution in [0.3, 0.4) is 0 Å². The van der Waals surface area contributed by atoms with Gasteiger partial charge in [0.05, 0.1) is 0 Å². The molecule has 0 aliphatic heterocycles. The SMILES string of the molecule is O=[As](c1ccccc1-c1ccccc1)(c1ccccc1-c1ccccc1)c1ccccc1-c1ccccc1. The zero-order valence-corrected chi connectivity index (χ0v) is 22.8. The van der Waals surface area contributed by atoms with Crippen molar-refractivity contribution in [2.45, 2.75) is 0 Å². The summed E-state index contributed by atoms with van der Waals surface area (Å²) in [6, 6.07) is 55.6. The maximum absolute atomic E-state index is 16.3. The average Bonchev–Trinajstić information content (AvgIpc) is 3.02. The first-order valence-electron chi connectivity index (χ1n) is 12.8. The van der Waals surface area contributed by atoms with E-state index in [1.807, 2.05) is 91.0 Å². The molecule has 0 radical (unpaired) electrons. The Bertz CT molecular complexity index is 1520. The van der Waals surface area contributed by atoms with E-state index in [1.54, 1.807) is 0 Å². The van der Waals surface area contributed by atoms with E-state index in [0.717, 1.165) is 46.4 Å². The van der Waals surface area contributed by atoms with E-state index in [2.05, 4.69) is 72.8 Å². The molecular formula is C36H27AsO. The first-order chi connectivity index (χ1) is 18.8. The Kier molecular flexibility index (Phi) is 6.69. The summed E-state index contributed by atoms with van der Waals surface area (Å²) in [5.41, 5.74) is 6.25. The minimum absolute atomic E-state index is 0.906. The van der Waals surface area contributed by atoms with Gasteiger partial charge in [0, 0.05) is 0 Å². The van der Waals surface area contributed by atoms with Crippen LogP contribution in [0.15, 0.2) is 164 Å². The Morgan fingerprint density at radius 2 is 0.526 bits per heavy atom. The van der Waals surface area contributed by atoms with E-state index in [4.69, 9.17) is 0 Å². The van der Waals surface area contributed by atoms with Gasteiger partial charge in [0.15, 0.2) is 0 Å². The molecule has 0 aliphatic rings. The summed E-state index contributed by atoms with van der Waals surface area (Å²) in [6.45, 7) is 0. The van der Waals surface area contributed by atoms with E-state index in [0.29, 0.717) is 0 Å². The van der Waals surface area contributed by atoms with Gasteiger partial charge in [0.25, 0.3) is 0 Å². The van der Waals surface area contributed by atoms with Crippen LogP contribution in [0.4, 0.5) is 0 Å². The van der Waals surface area contributed by atoms with Crippen molar-refractivity contribution in [2.24, 2.45) is 0 Å². The number of hydrogen-bond donors (Lipinski definition) is 0. The van der Waals surface area contributed by atoms with Gasteiger partial charge in [-0.2, -0.15) is 0 Å². The zero-order valence-electron chi connectivity index (χ0n) is 20.9. The average molecular weight is 551 g/mol. The van der Waals surface area contributed by atoms with Gasteiger partial charge in [-0.05, 0) is 0 Å². The quantitative estimate of drug-likeness (QED) is 0.203. The molecule has 182 valence electrons. The molecule has 0 saturated carbocycles. The van der Waals surface area contributed by atoms with Gasteiger partial charge < -0.3 is 0 Å². The summed E-state index contributed by atoms with van der Waals surface area (Å²) in [6.07, 6.45) is 0. The molecule has 0 aliphatic carbocycles. The van der Waals surface area contributed by atoms with Crippen molar-refractivity contribution in [1.82, 2.24) is 0 Å². The van der Waals surface area contributed by atoms with Crippen LogP contribution < -0.4 is 13.1 Å². The van der Waals surface area contributed by atoms with Gasteiger partial charge in [0.1, 0.15) is 0 Å². The van der Waals surface area contributed by atoms with Crippen molar-refractivity contribution in [1.29, 1.82) is 0 Å². The molecule has 0 heterocycles. The number of benzene rings is 6. The molecule has 0 aromatic heterocycles. The first-order valence-corrected chi connectivity index (χ1v) is 16.4. The maximum atomic E-state index is 16.3. The Balaban J connectivity index is 1.72. The summed E-state index contributed by atoms with van der Waals surface area (Å²) in [4.78, 5) is 0. The monoisotopic (exact) mass is 550 g/mol. The van der Waals surface area contributed by atoms with E-state index < -0.39 is 13.5 Å². The van der Waals surface area contributed by atoms with E-state index in [1.165, 1.54) is 0 Å². The predicted octanol–water partition coefficient (Wildman–Crippen LogP) is 7.09. The van der Waals surface area contributed by atoms with Crippen LogP contribution in [0.1, 0.15) is 0 Å². The number of rotatable bonds is 6. The molecule has 38 heavy (non-hydrogen) atoms. The molecule has 0 unspecified atom stereocenters. The summed E-state index contributed by atoms with van der Waals surface area (Å²) in [7, 11) is 0. The molecule has 6 aromatic carbocycles.